The van der Waals surface area contributed by atoms with Crippen molar-refractivity contribution < 1.29 is 4.79 Å². The summed E-state index contributed by atoms with van der Waals surface area (Å²) in [5.74, 6) is 0.223. The molecule has 0 bridgehead atoms. The van der Waals surface area contributed by atoms with E-state index in [9.17, 15) is 4.79 Å². The lowest BCUT2D eigenvalue weighted by Crippen LogP contribution is -2.04. The van der Waals surface area contributed by atoms with Crippen molar-refractivity contribution in [3.8, 4) is 11.3 Å². The quantitative estimate of drug-likeness (QED) is 0.452. The SMILES string of the molecule is Cl.O=C(CCCNc1nc(-c2ccccc2)cs1)c1cccs1. The molecule has 0 atom stereocenters. The number of Topliss-reactive ketones (excluding diaryl/α,β-unsaturated/α-hetero) is 1. The summed E-state index contributed by atoms with van der Waals surface area (Å²) in [6.45, 7) is 0.763. The van der Waals surface area contributed by atoms with E-state index >= 15 is 0 Å². The molecule has 0 saturated carbocycles. The molecule has 0 saturated heterocycles. The number of anilines is 1. The van der Waals surface area contributed by atoms with Crippen LogP contribution < -0.4 is 5.32 Å². The van der Waals surface area contributed by atoms with E-state index < -0.39 is 0 Å². The van der Waals surface area contributed by atoms with Crippen LogP contribution in [-0.2, 0) is 0 Å². The third-order valence-electron chi connectivity index (χ3n) is 3.23. The number of nitrogens with zero attached hydrogens (tertiary/aromatic N) is 1. The van der Waals surface area contributed by atoms with E-state index in [4.69, 9.17) is 0 Å². The maximum atomic E-state index is 11.9. The molecule has 0 radical (unpaired) electrons. The maximum Gasteiger partial charge on any atom is 0.183 e. The summed E-state index contributed by atoms with van der Waals surface area (Å²) >= 11 is 3.10. The van der Waals surface area contributed by atoms with Gasteiger partial charge in [-0.25, -0.2) is 4.98 Å². The predicted octanol–water partition coefficient (Wildman–Crippen LogP) is 5.37. The van der Waals surface area contributed by atoms with Gasteiger partial charge in [0.2, 0.25) is 0 Å². The third kappa shape index (κ3) is 4.89. The van der Waals surface area contributed by atoms with E-state index in [0.29, 0.717) is 6.42 Å². The topological polar surface area (TPSA) is 42.0 Å². The monoisotopic (exact) mass is 364 g/mol. The number of carbonyl (C=O) groups excluding carboxylic acids is 1. The first-order valence-corrected chi connectivity index (χ1v) is 8.90. The molecular weight excluding hydrogens is 348 g/mol. The minimum atomic E-state index is 0. The van der Waals surface area contributed by atoms with Gasteiger partial charge in [0.15, 0.2) is 10.9 Å². The lowest BCUT2D eigenvalue weighted by molar-refractivity contribution is 0.0985. The molecule has 3 nitrogen and oxygen atoms in total. The molecule has 0 unspecified atom stereocenters. The van der Waals surface area contributed by atoms with Gasteiger partial charge in [-0.2, -0.15) is 0 Å². The zero-order chi connectivity index (χ0) is 15.2. The van der Waals surface area contributed by atoms with Gasteiger partial charge >= 0.3 is 0 Å². The van der Waals surface area contributed by atoms with Crippen molar-refractivity contribution in [1.82, 2.24) is 4.98 Å². The standard InChI is InChI=1S/C17H16N2OS2.ClH/c20-15(16-9-5-11-21-16)8-4-10-18-17-19-14(12-22-17)13-6-2-1-3-7-13;/h1-3,5-7,9,11-12H,4,8,10H2,(H,18,19);1H. The molecular formula is C17H17ClN2OS2. The normalized spacial score (nSPS) is 10.1. The Morgan fingerprint density at radius 2 is 1.91 bits per heavy atom. The number of aromatic nitrogens is 1. The van der Waals surface area contributed by atoms with Gasteiger partial charge in [0, 0.05) is 23.9 Å². The molecule has 3 aromatic rings. The van der Waals surface area contributed by atoms with Crippen molar-refractivity contribution in [2.24, 2.45) is 0 Å². The number of thiophene rings is 1. The average molecular weight is 365 g/mol. The minimum Gasteiger partial charge on any atom is -0.361 e. The Kier molecular flexibility index (Phi) is 6.77. The Hall–Kier alpha value is -1.69. The Morgan fingerprint density at radius 3 is 2.65 bits per heavy atom. The van der Waals surface area contributed by atoms with E-state index in [1.165, 1.54) is 11.3 Å². The minimum absolute atomic E-state index is 0. The molecule has 23 heavy (non-hydrogen) atoms. The van der Waals surface area contributed by atoms with Crippen LogP contribution >= 0.6 is 35.1 Å². The van der Waals surface area contributed by atoms with Gasteiger partial charge in [-0.1, -0.05) is 36.4 Å². The van der Waals surface area contributed by atoms with E-state index in [1.54, 1.807) is 11.3 Å². The summed E-state index contributed by atoms with van der Waals surface area (Å²) in [7, 11) is 0. The number of halogens is 1. The number of hydrogen-bond acceptors (Lipinski definition) is 5. The van der Waals surface area contributed by atoms with Gasteiger partial charge in [-0.3, -0.25) is 4.79 Å². The highest BCUT2D eigenvalue weighted by atomic mass is 35.5. The molecule has 120 valence electrons. The first-order valence-electron chi connectivity index (χ1n) is 7.14. The lowest BCUT2D eigenvalue weighted by Gasteiger charge is -2.01. The van der Waals surface area contributed by atoms with Gasteiger partial charge in [-0.05, 0) is 17.9 Å². The van der Waals surface area contributed by atoms with Crippen molar-refractivity contribution in [2.45, 2.75) is 12.8 Å². The van der Waals surface area contributed by atoms with Crippen molar-refractivity contribution in [1.29, 1.82) is 0 Å². The zero-order valence-electron chi connectivity index (χ0n) is 12.4. The molecule has 0 aliphatic rings. The van der Waals surface area contributed by atoms with Crippen LogP contribution in [0, 0.1) is 0 Å². The Morgan fingerprint density at radius 1 is 1.09 bits per heavy atom. The molecule has 0 aliphatic heterocycles. The summed E-state index contributed by atoms with van der Waals surface area (Å²) < 4.78 is 0. The van der Waals surface area contributed by atoms with Crippen molar-refractivity contribution in [3.63, 3.8) is 0 Å². The Bertz CT molecular complexity index is 726. The fourth-order valence-corrected chi connectivity index (χ4v) is 3.54. The highest BCUT2D eigenvalue weighted by Crippen LogP contribution is 2.24. The number of carbonyl (C=O) groups is 1. The Balaban J connectivity index is 0.00000192. The van der Waals surface area contributed by atoms with Crippen LogP contribution in [0.15, 0.2) is 53.2 Å². The van der Waals surface area contributed by atoms with Crippen molar-refractivity contribution >= 4 is 46.0 Å². The third-order valence-corrected chi connectivity index (χ3v) is 4.94. The smallest absolute Gasteiger partial charge is 0.183 e. The first kappa shape index (κ1) is 17.7. The second-order valence-electron chi connectivity index (χ2n) is 4.83. The Labute approximate surface area is 149 Å². The number of benzene rings is 1. The number of thiazole rings is 1. The number of rotatable bonds is 7. The van der Waals surface area contributed by atoms with Crippen LogP contribution in [0.5, 0.6) is 0 Å². The zero-order valence-corrected chi connectivity index (χ0v) is 14.8. The highest BCUT2D eigenvalue weighted by molar-refractivity contribution is 7.14. The molecule has 0 amide bonds. The molecule has 3 rings (SSSR count). The highest BCUT2D eigenvalue weighted by Gasteiger charge is 2.07. The fourth-order valence-electron chi connectivity index (χ4n) is 2.10. The molecule has 1 N–H and O–H groups in total. The van der Waals surface area contributed by atoms with Crippen LogP contribution in [-0.4, -0.2) is 17.3 Å². The molecule has 0 fully saturated rings. The van der Waals surface area contributed by atoms with E-state index in [1.807, 2.05) is 35.7 Å². The summed E-state index contributed by atoms with van der Waals surface area (Å²) in [5, 5.41) is 8.19. The van der Waals surface area contributed by atoms with E-state index in [-0.39, 0.29) is 18.2 Å². The number of hydrogen-bond donors (Lipinski definition) is 1. The van der Waals surface area contributed by atoms with Gasteiger partial charge < -0.3 is 5.32 Å². The van der Waals surface area contributed by atoms with E-state index in [0.717, 1.165) is 34.2 Å². The van der Waals surface area contributed by atoms with E-state index in [2.05, 4.69) is 27.8 Å². The molecule has 0 spiro atoms. The summed E-state index contributed by atoms with van der Waals surface area (Å²) in [4.78, 5) is 17.3. The predicted molar refractivity (Wildman–Crippen MR) is 101 cm³/mol. The average Bonchev–Trinajstić information content (AvgIpc) is 3.24. The summed E-state index contributed by atoms with van der Waals surface area (Å²) in [5.41, 5.74) is 2.11. The van der Waals surface area contributed by atoms with Gasteiger partial charge in [0.05, 0.1) is 10.6 Å². The lowest BCUT2D eigenvalue weighted by atomic mass is 10.2. The van der Waals surface area contributed by atoms with Gasteiger partial charge in [0.1, 0.15) is 0 Å². The molecule has 1 aromatic carbocycles. The second-order valence-corrected chi connectivity index (χ2v) is 6.64. The fraction of sp³-hybridized carbons (Fsp3) is 0.176. The number of ketones is 1. The largest absolute Gasteiger partial charge is 0.361 e. The van der Waals surface area contributed by atoms with Crippen molar-refractivity contribution in [3.05, 3.63) is 58.1 Å². The molecule has 6 heteroatoms. The maximum absolute atomic E-state index is 11.9. The van der Waals surface area contributed by atoms with Crippen LogP contribution in [0.3, 0.4) is 0 Å². The van der Waals surface area contributed by atoms with Gasteiger partial charge in [-0.15, -0.1) is 35.1 Å². The molecule has 2 heterocycles. The van der Waals surface area contributed by atoms with Crippen LogP contribution in [0.25, 0.3) is 11.3 Å². The van der Waals surface area contributed by atoms with Crippen LogP contribution in [0.4, 0.5) is 5.13 Å². The molecule has 0 aliphatic carbocycles. The van der Waals surface area contributed by atoms with Crippen LogP contribution in [0.1, 0.15) is 22.5 Å². The van der Waals surface area contributed by atoms with Gasteiger partial charge in [0.25, 0.3) is 0 Å². The first-order chi connectivity index (χ1) is 10.8. The summed E-state index contributed by atoms with van der Waals surface area (Å²) in [6, 6.07) is 13.9. The molecule has 2 aromatic heterocycles. The van der Waals surface area contributed by atoms with Crippen molar-refractivity contribution in [2.75, 3.05) is 11.9 Å². The second kappa shape index (κ2) is 8.82. The summed E-state index contributed by atoms with van der Waals surface area (Å²) in [6.07, 6.45) is 1.39. The van der Waals surface area contributed by atoms with Crippen LogP contribution in [0.2, 0.25) is 0 Å². The number of nitrogens with one attached hydrogen (secondary N) is 1.